The Hall–Kier alpha value is -3.28. The molecule has 3 heterocycles. The second kappa shape index (κ2) is 9.69. The monoisotopic (exact) mass is 441 g/mol. The summed E-state index contributed by atoms with van der Waals surface area (Å²) in [6.07, 6.45) is 0.826. The summed E-state index contributed by atoms with van der Waals surface area (Å²) in [4.78, 5) is 20.0. The zero-order valence-corrected chi connectivity index (χ0v) is 16.1. The second-order valence-corrected chi connectivity index (χ2v) is 6.62. The van der Waals surface area contributed by atoms with Crippen molar-refractivity contribution in [3.8, 4) is 5.88 Å². The third-order valence-electron chi connectivity index (χ3n) is 4.20. The summed E-state index contributed by atoms with van der Waals surface area (Å²) in [5.74, 6) is -4.73. The fourth-order valence-electron chi connectivity index (χ4n) is 2.69. The molecule has 0 fully saturated rings. The summed E-state index contributed by atoms with van der Waals surface area (Å²) in [7, 11) is 0. The van der Waals surface area contributed by atoms with E-state index in [-0.39, 0.29) is 37.9 Å². The minimum absolute atomic E-state index is 0.0277. The largest absolute Gasteiger partial charge is 0.471 e. The van der Waals surface area contributed by atoms with Crippen molar-refractivity contribution in [1.82, 2.24) is 25.1 Å². The average Bonchev–Trinajstić information content (AvgIpc) is 3.15. The van der Waals surface area contributed by atoms with E-state index in [1.54, 1.807) is 23.0 Å². The smallest absolute Gasteiger partial charge is 0.340 e. The lowest BCUT2D eigenvalue weighted by Crippen LogP contribution is -2.33. The van der Waals surface area contributed by atoms with Crippen molar-refractivity contribution in [2.45, 2.75) is 25.3 Å². The molecule has 0 radical (unpaired) electrons. The van der Waals surface area contributed by atoms with Crippen molar-refractivity contribution in [1.29, 1.82) is 0 Å². The van der Waals surface area contributed by atoms with E-state index in [0.717, 1.165) is 0 Å². The number of pyridine rings is 2. The van der Waals surface area contributed by atoms with Crippen LogP contribution in [0.15, 0.2) is 36.8 Å². The zero-order valence-electron chi connectivity index (χ0n) is 16.1. The molecule has 0 saturated heterocycles. The van der Waals surface area contributed by atoms with E-state index in [1.165, 1.54) is 18.5 Å². The number of nitrogens with zero attached hydrogens (tertiary/aromatic N) is 4. The van der Waals surface area contributed by atoms with E-state index in [0.29, 0.717) is 22.2 Å². The molecule has 0 spiro atoms. The Bertz CT molecular complexity index is 1030. The van der Waals surface area contributed by atoms with Crippen LogP contribution in [0.2, 0.25) is 0 Å². The number of halogens is 4. The van der Waals surface area contributed by atoms with E-state index in [9.17, 15) is 22.4 Å². The molecule has 3 aromatic rings. The van der Waals surface area contributed by atoms with Crippen molar-refractivity contribution in [3.05, 3.63) is 48.0 Å². The van der Waals surface area contributed by atoms with E-state index in [4.69, 9.17) is 5.11 Å². The number of aliphatic hydroxyl groups is 1. The van der Waals surface area contributed by atoms with Crippen LogP contribution in [0.4, 0.5) is 17.6 Å². The molecule has 0 saturated carbocycles. The standard InChI is InChI=1S/C19H19F4N5O3/c20-18(21)19(22,23)11-31-17-2-1-12(8-26-17)9-28-10-13-14(27-28)3-4-24-15(13)7-16(30)25-5-6-29/h1-4,8,10,18,29H,5-7,9,11H2,(H,25,30). The van der Waals surface area contributed by atoms with Crippen LogP contribution in [-0.2, 0) is 17.8 Å². The summed E-state index contributed by atoms with van der Waals surface area (Å²) in [5.41, 5.74) is 1.82. The molecule has 2 N–H and O–H groups in total. The van der Waals surface area contributed by atoms with Crippen molar-refractivity contribution in [3.63, 3.8) is 0 Å². The fraction of sp³-hybridized carbons (Fsp3) is 0.368. The third-order valence-corrected chi connectivity index (χ3v) is 4.20. The topological polar surface area (TPSA) is 102 Å². The molecule has 1 amide bonds. The molecule has 31 heavy (non-hydrogen) atoms. The Labute approximate surface area is 173 Å². The van der Waals surface area contributed by atoms with Gasteiger partial charge in [-0.1, -0.05) is 6.07 Å². The van der Waals surface area contributed by atoms with Gasteiger partial charge in [-0.15, -0.1) is 0 Å². The molecular weight excluding hydrogens is 422 g/mol. The molecular formula is C19H19F4N5O3. The summed E-state index contributed by atoms with van der Waals surface area (Å²) in [6.45, 7) is -1.19. The highest BCUT2D eigenvalue weighted by molar-refractivity contribution is 5.86. The number of aliphatic hydroxyl groups excluding tert-OH is 1. The quantitative estimate of drug-likeness (QED) is 0.466. The average molecular weight is 441 g/mol. The lowest BCUT2D eigenvalue weighted by atomic mass is 10.2. The van der Waals surface area contributed by atoms with Gasteiger partial charge in [-0.3, -0.25) is 14.5 Å². The van der Waals surface area contributed by atoms with Crippen molar-refractivity contribution < 1.29 is 32.2 Å². The molecule has 0 aliphatic heterocycles. The number of alkyl halides is 4. The van der Waals surface area contributed by atoms with Crippen LogP contribution < -0.4 is 10.1 Å². The Morgan fingerprint density at radius 2 is 2.06 bits per heavy atom. The number of aromatic nitrogens is 4. The van der Waals surface area contributed by atoms with Gasteiger partial charge in [0.2, 0.25) is 11.8 Å². The molecule has 0 bridgehead atoms. The molecule has 0 aromatic carbocycles. The van der Waals surface area contributed by atoms with Gasteiger partial charge in [-0.25, -0.2) is 13.8 Å². The Morgan fingerprint density at radius 3 is 2.74 bits per heavy atom. The van der Waals surface area contributed by atoms with Gasteiger partial charge in [0, 0.05) is 36.6 Å². The molecule has 0 aliphatic carbocycles. The normalized spacial score (nSPS) is 11.8. The molecule has 166 valence electrons. The minimum Gasteiger partial charge on any atom is -0.471 e. The zero-order chi connectivity index (χ0) is 22.4. The predicted octanol–water partition coefficient (Wildman–Crippen LogP) is 1.80. The number of fused-ring (bicyclic) bond motifs is 1. The van der Waals surface area contributed by atoms with Gasteiger partial charge >= 0.3 is 12.3 Å². The van der Waals surface area contributed by atoms with Gasteiger partial charge in [-0.05, 0) is 11.6 Å². The van der Waals surface area contributed by atoms with Gasteiger partial charge in [0.25, 0.3) is 0 Å². The first-order chi connectivity index (χ1) is 14.8. The lowest BCUT2D eigenvalue weighted by Gasteiger charge is -2.15. The van der Waals surface area contributed by atoms with Gasteiger partial charge in [0.15, 0.2) is 6.61 Å². The number of rotatable bonds is 10. The first kappa shape index (κ1) is 22.4. The SMILES string of the molecule is O=C(Cc1nccc2nn(Cc3ccc(OCC(F)(F)C(F)F)nc3)cc12)NCCO. The van der Waals surface area contributed by atoms with E-state index in [1.807, 2.05) is 0 Å². The maximum atomic E-state index is 12.9. The molecule has 8 nitrogen and oxygen atoms in total. The van der Waals surface area contributed by atoms with Crippen molar-refractivity contribution >= 4 is 16.8 Å². The Balaban J connectivity index is 1.66. The first-order valence-electron chi connectivity index (χ1n) is 9.21. The number of hydrogen-bond acceptors (Lipinski definition) is 6. The molecule has 12 heteroatoms. The molecule has 3 aromatic heterocycles. The summed E-state index contributed by atoms with van der Waals surface area (Å²) in [5, 5.41) is 16.4. The first-order valence-corrected chi connectivity index (χ1v) is 9.21. The summed E-state index contributed by atoms with van der Waals surface area (Å²) >= 11 is 0. The minimum atomic E-state index is -4.25. The fourth-order valence-corrected chi connectivity index (χ4v) is 2.69. The highest BCUT2D eigenvalue weighted by atomic mass is 19.3. The van der Waals surface area contributed by atoms with Crippen LogP contribution in [0.1, 0.15) is 11.3 Å². The van der Waals surface area contributed by atoms with E-state index >= 15 is 0 Å². The number of carbonyl (C=O) groups is 1. The van der Waals surface area contributed by atoms with Crippen molar-refractivity contribution in [2.75, 3.05) is 19.8 Å². The number of carbonyl (C=O) groups excluding carboxylic acids is 1. The Morgan fingerprint density at radius 1 is 1.26 bits per heavy atom. The second-order valence-electron chi connectivity index (χ2n) is 6.62. The van der Waals surface area contributed by atoms with Gasteiger partial charge in [0.05, 0.1) is 30.8 Å². The summed E-state index contributed by atoms with van der Waals surface area (Å²) in [6, 6.07) is 4.55. The van der Waals surface area contributed by atoms with Crippen LogP contribution >= 0.6 is 0 Å². The maximum Gasteiger partial charge on any atom is 0.340 e. The van der Waals surface area contributed by atoms with Crippen LogP contribution in [0.3, 0.4) is 0 Å². The molecule has 0 unspecified atom stereocenters. The third kappa shape index (κ3) is 5.87. The van der Waals surface area contributed by atoms with Crippen LogP contribution in [0.5, 0.6) is 5.88 Å². The molecule has 0 atom stereocenters. The van der Waals surface area contributed by atoms with Crippen LogP contribution in [-0.4, -0.2) is 62.9 Å². The summed E-state index contributed by atoms with van der Waals surface area (Å²) < 4.78 is 56.4. The van der Waals surface area contributed by atoms with E-state index < -0.39 is 19.0 Å². The maximum absolute atomic E-state index is 12.9. The van der Waals surface area contributed by atoms with Gasteiger partial charge < -0.3 is 15.2 Å². The van der Waals surface area contributed by atoms with Crippen molar-refractivity contribution in [2.24, 2.45) is 0 Å². The predicted molar refractivity (Wildman–Crippen MR) is 101 cm³/mol. The Kier molecular flexibility index (Phi) is 7.00. The number of ether oxygens (including phenoxy) is 1. The van der Waals surface area contributed by atoms with Gasteiger partial charge in [0.1, 0.15) is 0 Å². The molecule has 0 aliphatic rings. The number of hydrogen-bond donors (Lipinski definition) is 2. The van der Waals surface area contributed by atoms with E-state index in [2.05, 4.69) is 25.1 Å². The lowest BCUT2D eigenvalue weighted by molar-refractivity contribution is -0.148. The van der Waals surface area contributed by atoms with Crippen LogP contribution in [0.25, 0.3) is 10.9 Å². The highest BCUT2D eigenvalue weighted by Crippen LogP contribution is 2.24. The number of amides is 1. The van der Waals surface area contributed by atoms with Crippen LogP contribution in [0, 0.1) is 0 Å². The number of nitrogens with one attached hydrogen (secondary N) is 1. The highest BCUT2D eigenvalue weighted by Gasteiger charge is 2.41. The molecule has 3 rings (SSSR count). The van der Waals surface area contributed by atoms with Gasteiger partial charge in [-0.2, -0.15) is 13.9 Å².